The zero-order valence-electron chi connectivity index (χ0n) is 14.9. The minimum absolute atomic E-state index is 0.0132. The first-order valence-electron chi connectivity index (χ1n) is 9.14. The summed E-state index contributed by atoms with van der Waals surface area (Å²) in [5.41, 5.74) is 2.06. The minimum atomic E-state index is -0.0285. The highest BCUT2D eigenvalue weighted by Crippen LogP contribution is 2.66. The fourth-order valence-corrected chi connectivity index (χ4v) is 6.76. The van der Waals surface area contributed by atoms with E-state index in [0.29, 0.717) is 22.0 Å². The lowest BCUT2D eigenvalue weighted by Crippen LogP contribution is -2.65. The van der Waals surface area contributed by atoms with E-state index in [4.69, 9.17) is 0 Å². The molecule has 0 aromatic heterocycles. The van der Waals surface area contributed by atoms with Gasteiger partial charge in [-0.25, -0.2) is 0 Å². The molecule has 2 unspecified atom stereocenters. The van der Waals surface area contributed by atoms with Crippen LogP contribution in [0.2, 0.25) is 0 Å². The number of amides is 1. The van der Waals surface area contributed by atoms with Gasteiger partial charge in [0.05, 0.1) is 0 Å². The molecule has 24 heavy (non-hydrogen) atoms. The summed E-state index contributed by atoms with van der Waals surface area (Å²) in [5.74, 6) is 0.805. The Labute approximate surface area is 144 Å². The normalized spacial score (nSPS) is 39.7. The monoisotopic (exact) mass is 325 g/mol. The summed E-state index contributed by atoms with van der Waals surface area (Å²) in [5, 5.41) is 3.42. The van der Waals surface area contributed by atoms with Gasteiger partial charge in [0.2, 0.25) is 0 Å². The van der Waals surface area contributed by atoms with Gasteiger partial charge in [-0.1, -0.05) is 26.0 Å². The number of rotatable bonds is 3. The number of Topliss-reactive ketones (excluding diaryl/α,β-unsaturated/α-hetero) is 1. The van der Waals surface area contributed by atoms with Gasteiger partial charge in [0.25, 0.3) is 5.91 Å². The van der Waals surface area contributed by atoms with Crippen molar-refractivity contribution >= 4 is 11.7 Å². The molecule has 4 bridgehead atoms. The van der Waals surface area contributed by atoms with Gasteiger partial charge in [-0.2, -0.15) is 0 Å². The van der Waals surface area contributed by atoms with Crippen LogP contribution in [0.25, 0.3) is 0 Å². The lowest BCUT2D eigenvalue weighted by atomic mass is 9.43. The van der Waals surface area contributed by atoms with Gasteiger partial charge >= 0.3 is 0 Å². The van der Waals surface area contributed by atoms with Crippen LogP contribution in [0, 0.1) is 16.7 Å². The van der Waals surface area contributed by atoms with Crippen LogP contribution in [0.4, 0.5) is 0 Å². The third kappa shape index (κ3) is 2.58. The van der Waals surface area contributed by atoms with Crippen molar-refractivity contribution < 1.29 is 9.59 Å². The van der Waals surface area contributed by atoms with Crippen molar-refractivity contribution in [2.24, 2.45) is 16.7 Å². The van der Waals surface area contributed by atoms with Crippen molar-refractivity contribution in [3.05, 3.63) is 35.4 Å². The molecule has 1 aromatic rings. The van der Waals surface area contributed by atoms with Gasteiger partial charge in [-0.15, -0.1) is 0 Å². The van der Waals surface area contributed by atoms with Crippen molar-refractivity contribution in [3.8, 4) is 0 Å². The van der Waals surface area contributed by atoms with Gasteiger partial charge in [0.15, 0.2) is 5.78 Å². The average Bonchev–Trinajstić information content (AvgIpc) is 2.42. The standard InChI is InChI=1S/C21H27NO2/c1-14(23)16-4-6-17(7-5-16)18(24)22-21-10-15-8-19(2,12-21)11-20(3,9-15)13-21/h4-7,15H,8-13H2,1-3H3,(H,22,24). The van der Waals surface area contributed by atoms with Crippen LogP contribution in [0.15, 0.2) is 24.3 Å². The Morgan fingerprint density at radius 2 is 1.46 bits per heavy atom. The number of hydrogen-bond acceptors (Lipinski definition) is 2. The Kier molecular flexibility index (Phi) is 3.26. The molecule has 0 spiro atoms. The number of carbonyl (C=O) groups is 2. The lowest BCUT2D eigenvalue weighted by molar-refractivity contribution is -0.114. The molecular weight excluding hydrogens is 298 g/mol. The molecule has 0 aliphatic heterocycles. The van der Waals surface area contributed by atoms with E-state index in [9.17, 15) is 9.59 Å². The molecule has 2 atom stereocenters. The fourth-order valence-electron chi connectivity index (χ4n) is 6.76. The zero-order chi connectivity index (χ0) is 17.2. The van der Waals surface area contributed by atoms with Crippen molar-refractivity contribution in [1.29, 1.82) is 0 Å². The Morgan fingerprint density at radius 3 is 1.96 bits per heavy atom. The van der Waals surface area contributed by atoms with E-state index in [-0.39, 0.29) is 17.2 Å². The van der Waals surface area contributed by atoms with Crippen LogP contribution in [-0.4, -0.2) is 17.2 Å². The van der Waals surface area contributed by atoms with Crippen molar-refractivity contribution in [2.75, 3.05) is 0 Å². The van der Waals surface area contributed by atoms with Gasteiger partial charge in [-0.3, -0.25) is 9.59 Å². The summed E-state index contributed by atoms with van der Waals surface area (Å²) < 4.78 is 0. The molecule has 0 heterocycles. The summed E-state index contributed by atoms with van der Waals surface area (Å²) >= 11 is 0. The summed E-state index contributed by atoms with van der Waals surface area (Å²) in [6.45, 7) is 6.38. The quantitative estimate of drug-likeness (QED) is 0.839. The summed E-state index contributed by atoms with van der Waals surface area (Å²) in [6, 6.07) is 7.05. The summed E-state index contributed by atoms with van der Waals surface area (Å²) in [4.78, 5) is 24.2. The third-order valence-electron chi connectivity index (χ3n) is 6.56. The second-order valence-electron chi connectivity index (χ2n) is 9.50. The van der Waals surface area contributed by atoms with Crippen LogP contribution in [0.3, 0.4) is 0 Å². The Morgan fingerprint density at radius 1 is 0.917 bits per heavy atom. The molecule has 4 saturated carbocycles. The van der Waals surface area contributed by atoms with Gasteiger partial charge < -0.3 is 5.32 Å². The number of benzene rings is 1. The Hall–Kier alpha value is -1.64. The van der Waals surface area contributed by atoms with E-state index in [1.54, 1.807) is 31.2 Å². The molecule has 0 radical (unpaired) electrons. The first kappa shape index (κ1) is 15.9. The molecule has 4 aliphatic carbocycles. The minimum Gasteiger partial charge on any atom is -0.347 e. The molecule has 4 fully saturated rings. The van der Waals surface area contributed by atoms with E-state index >= 15 is 0 Å². The lowest BCUT2D eigenvalue weighted by Gasteiger charge is -2.65. The van der Waals surface area contributed by atoms with Crippen molar-refractivity contribution in [3.63, 3.8) is 0 Å². The molecule has 1 amide bonds. The topological polar surface area (TPSA) is 46.2 Å². The summed E-state index contributed by atoms with van der Waals surface area (Å²) in [7, 11) is 0. The molecule has 0 saturated heterocycles. The second-order valence-corrected chi connectivity index (χ2v) is 9.50. The fraction of sp³-hybridized carbons (Fsp3) is 0.619. The highest BCUT2D eigenvalue weighted by Gasteiger charge is 2.60. The third-order valence-corrected chi connectivity index (χ3v) is 6.56. The number of carbonyl (C=O) groups excluding carboxylic acids is 2. The largest absolute Gasteiger partial charge is 0.347 e. The maximum absolute atomic E-state index is 12.8. The molecule has 128 valence electrons. The Bertz CT molecular complexity index is 687. The Balaban J connectivity index is 1.56. The number of ketones is 1. The SMILES string of the molecule is CC(=O)c1ccc(C(=O)NC23CC4CC(C)(CC(C)(C4)C2)C3)cc1. The average molecular weight is 325 g/mol. The maximum Gasteiger partial charge on any atom is 0.251 e. The second kappa shape index (κ2) is 4.93. The van der Waals surface area contributed by atoms with Gasteiger partial charge in [-0.05, 0) is 74.3 Å². The highest BCUT2D eigenvalue weighted by molar-refractivity contribution is 5.98. The van der Waals surface area contributed by atoms with E-state index in [0.717, 1.165) is 25.2 Å². The maximum atomic E-state index is 12.8. The van der Waals surface area contributed by atoms with Gasteiger partial charge in [0, 0.05) is 16.7 Å². The molecule has 1 N–H and O–H groups in total. The van der Waals surface area contributed by atoms with Crippen LogP contribution in [0.5, 0.6) is 0 Å². The van der Waals surface area contributed by atoms with E-state index in [1.807, 2.05) is 0 Å². The smallest absolute Gasteiger partial charge is 0.251 e. The first-order valence-corrected chi connectivity index (χ1v) is 9.14. The molecular formula is C21H27NO2. The van der Waals surface area contributed by atoms with Crippen LogP contribution >= 0.6 is 0 Å². The van der Waals surface area contributed by atoms with Gasteiger partial charge in [0.1, 0.15) is 0 Å². The van der Waals surface area contributed by atoms with Crippen LogP contribution in [0.1, 0.15) is 80.0 Å². The predicted molar refractivity (Wildman–Crippen MR) is 94.0 cm³/mol. The highest BCUT2D eigenvalue weighted by atomic mass is 16.2. The first-order chi connectivity index (χ1) is 11.2. The van der Waals surface area contributed by atoms with Crippen molar-refractivity contribution in [2.45, 2.75) is 64.8 Å². The molecule has 3 heteroatoms. The van der Waals surface area contributed by atoms with Crippen LogP contribution in [-0.2, 0) is 0 Å². The van der Waals surface area contributed by atoms with Crippen molar-refractivity contribution in [1.82, 2.24) is 5.32 Å². The van der Waals surface area contributed by atoms with E-state index < -0.39 is 0 Å². The van der Waals surface area contributed by atoms with Crippen LogP contribution < -0.4 is 5.32 Å². The number of hydrogen-bond donors (Lipinski definition) is 1. The van der Waals surface area contributed by atoms with E-state index in [2.05, 4.69) is 19.2 Å². The van der Waals surface area contributed by atoms with E-state index in [1.165, 1.54) is 19.3 Å². The predicted octanol–water partition coefficient (Wildman–Crippen LogP) is 4.37. The molecule has 3 nitrogen and oxygen atoms in total. The summed E-state index contributed by atoms with van der Waals surface area (Å²) in [6.07, 6.45) is 7.32. The molecule has 5 rings (SSSR count). The number of nitrogens with one attached hydrogen (secondary N) is 1. The molecule has 1 aromatic carbocycles. The molecule has 4 aliphatic rings. The zero-order valence-corrected chi connectivity index (χ0v) is 14.9.